The molecule has 0 bridgehead atoms. The van der Waals surface area contributed by atoms with Crippen molar-refractivity contribution in [3.63, 3.8) is 0 Å². The number of hydrogen-bond acceptors (Lipinski definition) is 4. The van der Waals surface area contributed by atoms with Crippen molar-refractivity contribution in [2.75, 3.05) is 6.54 Å². The van der Waals surface area contributed by atoms with Crippen LogP contribution in [-0.4, -0.2) is 22.4 Å². The maximum Gasteiger partial charge on any atom is 0.233 e. The molecule has 0 aliphatic heterocycles. The number of carbonyl (C=O) groups is 1. The Morgan fingerprint density at radius 1 is 1.67 bits per heavy atom. The first-order valence-electron chi connectivity index (χ1n) is 6.04. The van der Waals surface area contributed by atoms with Crippen LogP contribution in [0.1, 0.15) is 30.0 Å². The predicted molar refractivity (Wildman–Crippen MR) is 76.6 cm³/mol. The zero-order chi connectivity index (χ0) is 13.2. The third-order valence-corrected chi connectivity index (χ3v) is 4.66. The van der Waals surface area contributed by atoms with Crippen LogP contribution in [-0.2, 0) is 11.2 Å². The number of amides is 1. The summed E-state index contributed by atoms with van der Waals surface area (Å²) in [4.78, 5) is 16.8. The van der Waals surface area contributed by atoms with Gasteiger partial charge in [0, 0.05) is 18.3 Å². The summed E-state index contributed by atoms with van der Waals surface area (Å²) in [5.41, 5.74) is 6.13. The number of rotatable bonds is 5. The minimum Gasteiger partial charge on any atom is -0.392 e. The molecule has 0 unspecified atom stereocenters. The van der Waals surface area contributed by atoms with Gasteiger partial charge in [-0.1, -0.05) is 18.6 Å². The van der Waals surface area contributed by atoms with Crippen molar-refractivity contribution in [2.24, 2.45) is 11.1 Å². The molecule has 3 N–H and O–H groups in total. The van der Waals surface area contributed by atoms with Crippen molar-refractivity contribution in [3.8, 4) is 0 Å². The van der Waals surface area contributed by atoms with Crippen LogP contribution < -0.4 is 11.1 Å². The Hall–Kier alpha value is -1.01. The summed E-state index contributed by atoms with van der Waals surface area (Å²) in [5, 5.41) is 6.00. The Morgan fingerprint density at radius 3 is 2.83 bits per heavy atom. The van der Waals surface area contributed by atoms with Gasteiger partial charge in [0.2, 0.25) is 5.91 Å². The minimum absolute atomic E-state index is 0.0202. The fourth-order valence-electron chi connectivity index (χ4n) is 2.11. The molecule has 1 aliphatic carbocycles. The number of nitrogens with zero attached hydrogens (tertiary/aromatic N) is 1. The predicted octanol–water partition coefficient (Wildman–Crippen LogP) is 1.57. The van der Waals surface area contributed by atoms with Gasteiger partial charge < -0.3 is 11.1 Å². The zero-order valence-corrected chi connectivity index (χ0v) is 12.0. The van der Waals surface area contributed by atoms with E-state index in [9.17, 15) is 4.79 Å². The molecule has 1 amide bonds. The number of aryl methyl sites for hydroxylation is 1. The first-order valence-corrected chi connectivity index (χ1v) is 7.32. The largest absolute Gasteiger partial charge is 0.392 e. The molecule has 0 spiro atoms. The Kier molecular flexibility index (Phi) is 3.97. The van der Waals surface area contributed by atoms with Crippen LogP contribution in [0.4, 0.5) is 0 Å². The second kappa shape index (κ2) is 5.32. The molecule has 1 heterocycles. The van der Waals surface area contributed by atoms with Crippen LogP contribution in [0.15, 0.2) is 5.38 Å². The van der Waals surface area contributed by atoms with Crippen molar-refractivity contribution in [1.29, 1.82) is 0 Å². The number of carbonyl (C=O) groups excluding carboxylic acids is 1. The van der Waals surface area contributed by atoms with E-state index in [0.29, 0.717) is 11.5 Å². The van der Waals surface area contributed by atoms with Gasteiger partial charge in [0.05, 0.1) is 21.1 Å². The molecule has 6 heteroatoms. The molecular weight excluding hydrogens is 266 g/mol. The fraction of sp³-hybridized carbons (Fsp3) is 0.583. The monoisotopic (exact) mass is 283 g/mol. The lowest BCUT2D eigenvalue weighted by Crippen LogP contribution is -2.53. The molecule has 1 aromatic heterocycles. The van der Waals surface area contributed by atoms with Crippen LogP contribution in [0.3, 0.4) is 0 Å². The lowest BCUT2D eigenvalue weighted by Gasteiger charge is -2.39. The zero-order valence-electron chi connectivity index (χ0n) is 10.4. The lowest BCUT2D eigenvalue weighted by atomic mass is 9.68. The van der Waals surface area contributed by atoms with Gasteiger partial charge in [0.15, 0.2) is 0 Å². The van der Waals surface area contributed by atoms with E-state index in [1.54, 1.807) is 11.3 Å². The number of thiocarbonyl (C=S) groups is 1. The molecule has 1 aliphatic rings. The van der Waals surface area contributed by atoms with Crippen molar-refractivity contribution >= 4 is 34.5 Å². The van der Waals surface area contributed by atoms with Crippen molar-refractivity contribution in [3.05, 3.63) is 16.1 Å². The van der Waals surface area contributed by atoms with E-state index in [4.69, 9.17) is 18.0 Å². The molecule has 0 radical (unpaired) electrons. The summed E-state index contributed by atoms with van der Waals surface area (Å²) in [6.07, 6.45) is 3.34. The highest BCUT2D eigenvalue weighted by Gasteiger charge is 2.46. The lowest BCUT2D eigenvalue weighted by molar-refractivity contribution is -0.130. The van der Waals surface area contributed by atoms with E-state index in [0.717, 1.165) is 36.4 Å². The molecule has 4 nitrogen and oxygen atoms in total. The SMILES string of the molecule is Cc1nc(CCNC(=O)C2(C(N)=S)CCC2)cs1. The van der Waals surface area contributed by atoms with Crippen LogP contribution in [0, 0.1) is 12.3 Å². The van der Waals surface area contributed by atoms with E-state index in [1.165, 1.54) is 0 Å². The smallest absolute Gasteiger partial charge is 0.233 e. The Morgan fingerprint density at radius 2 is 2.39 bits per heavy atom. The average Bonchev–Trinajstić information content (AvgIpc) is 2.61. The Bertz CT molecular complexity index is 466. The molecule has 0 saturated heterocycles. The summed E-state index contributed by atoms with van der Waals surface area (Å²) in [6, 6.07) is 0. The van der Waals surface area contributed by atoms with E-state index in [2.05, 4.69) is 10.3 Å². The second-order valence-corrected chi connectivity index (χ2v) is 6.17. The topological polar surface area (TPSA) is 68.0 Å². The van der Waals surface area contributed by atoms with Crippen LogP contribution in [0.5, 0.6) is 0 Å². The Labute approximate surface area is 116 Å². The number of aromatic nitrogens is 1. The van der Waals surface area contributed by atoms with Crippen molar-refractivity contribution in [1.82, 2.24) is 10.3 Å². The van der Waals surface area contributed by atoms with Gasteiger partial charge in [-0.3, -0.25) is 4.79 Å². The fourth-order valence-corrected chi connectivity index (χ4v) is 3.06. The molecule has 0 aromatic carbocycles. The summed E-state index contributed by atoms with van der Waals surface area (Å²) in [7, 11) is 0. The average molecular weight is 283 g/mol. The van der Waals surface area contributed by atoms with Crippen molar-refractivity contribution in [2.45, 2.75) is 32.6 Å². The van der Waals surface area contributed by atoms with E-state index in [1.807, 2.05) is 12.3 Å². The van der Waals surface area contributed by atoms with Gasteiger partial charge in [0.25, 0.3) is 0 Å². The van der Waals surface area contributed by atoms with Gasteiger partial charge in [-0.05, 0) is 19.8 Å². The summed E-state index contributed by atoms with van der Waals surface area (Å²) >= 11 is 6.64. The number of hydrogen-bond donors (Lipinski definition) is 2. The Balaban J connectivity index is 1.83. The van der Waals surface area contributed by atoms with Crippen molar-refractivity contribution < 1.29 is 4.79 Å². The first kappa shape index (κ1) is 13.4. The summed E-state index contributed by atoms with van der Waals surface area (Å²) < 4.78 is 0. The molecule has 98 valence electrons. The number of thiazole rings is 1. The van der Waals surface area contributed by atoms with Crippen LogP contribution in [0.2, 0.25) is 0 Å². The number of nitrogens with one attached hydrogen (secondary N) is 1. The highest BCUT2D eigenvalue weighted by atomic mass is 32.1. The van der Waals surface area contributed by atoms with Gasteiger partial charge in [-0.2, -0.15) is 0 Å². The molecule has 2 rings (SSSR count). The number of nitrogens with two attached hydrogens (primary N) is 1. The van der Waals surface area contributed by atoms with Crippen LogP contribution >= 0.6 is 23.6 Å². The van der Waals surface area contributed by atoms with Gasteiger partial charge in [-0.15, -0.1) is 11.3 Å². The van der Waals surface area contributed by atoms with E-state index < -0.39 is 5.41 Å². The minimum atomic E-state index is -0.576. The quantitative estimate of drug-likeness (QED) is 0.805. The van der Waals surface area contributed by atoms with E-state index in [-0.39, 0.29) is 5.91 Å². The first-order chi connectivity index (χ1) is 8.54. The molecule has 1 aromatic rings. The molecule has 18 heavy (non-hydrogen) atoms. The molecular formula is C12H17N3OS2. The van der Waals surface area contributed by atoms with Gasteiger partial charge in [-0.25, -0.2) is 4.98 Å². The second-order valence-electron chi connectivity index (χ2n) is 4.66. The maximum absolute atomic E-state index is 12.1. The van der Waals surface area contributed by atoms with E-state index >= 15 is 0 Å². The highest BCUT2D eigenvalue weighted by molar-refractivity contribution is 7.80. The molecule has 0 atom stereocenters. The normalized spacial score (nSPS) is 16.9. The maximum atomic E-state index is 12.1. The highest BCUT2D eigenvalue weighted by Crippen LogP contribution is 2.41. The molecule has 1 saturated carbocycles. The third-order valence-electron chi connectivity index (χ3n) is 3.45. The third kappa shape index (κ3) is 2.54. The van der Waals surface area contributed by atoms with Gasteiger partial charge in [0.1, 0.15) is 0 Å². The standard InChI is InChI=1S/C12H17N3OS2/c1-8-15-9(7-18-8)3-6-14-11(16)12(10(13)17)4-2-5-12/h7H,2-6H2,1H3,(H2,13,17)(H,14,16). The molecule has 1 fully saturated rings. The van der Waals surface area contributed by atoms with Crippen LogP contribution in [0.25, 0.3) is 0 Å². The summed E-state index contributed by atoms with van der Waals surface area (Å²) in [5.74, 6) is -0.0202. The van der Waals surface area contributed by atoms with Gasteiger partial charge >= 0.3 is 0 Å². The summed E-state index contributed by atoms with van der Waals surface area (Å²) in [6.45, 7) is 2.56.